The Bertz CT molecular complexity index is 471. The van der Waals surface area contributed by atoms with E-state index in [4.69, 9.17) is 14.5 Å². The molecule has 0 spiro atoms. The van der Waals surface area contributed by atoms with Crippen LogP contribution in [0.2, 0.25) is 0 Å². The highest BCUT2D eigenvalue weighted by Crippen LogP contribution is 2.18. The van der Waals surface area contributed by atoms with Crippen molar-refractivity contribution in [2.75, 3.05) is 13.1 Å². The predicted octanol–water partition coefficient (Wildman–Crippen LogP) is 4.12. The van der Waals surface area contributed by atoms with Crippen molar-refractivity contribution in [3.8, 4) is 0 Å². The summed E-state index contributed by atoms with van der Waals surface area (Å²) in [7, 11) is -4.39. The molecule has 0 aliphatic rings. The van der Waals surface area contributed by atoms with Gasteiger partial charge in [-0.15, -0.1) is 0 Å². The number of rotatable bonds is 20. The average molecular weight is 423 g/mol. The molecular weight excluding hydrogens is 380 g/mol. The van der Waals surface area contributed by atoms with Crippen molar-refractivity contribution in [2.24, 2.45) is 5.73 Å². The van der Waals surface area contributed by atoms with Gasteiger partial charge >= 0.3 is 10.4 Å². The summed E-state index contributed by atoms with van der Waals surface area (Å²) in [6, 6.07) is 0. The Labute approximate surface area is 172 Å². The molecule has 28 heavy (non-hydrogen) atoms. The van der Waals surface area contributed by atoms with Crippen molar-refractivity contribution in [1.29, 1.82) is 0 Å². The zero-order valence-electron chi connectivity index (χ0n) is 17.7. The molecule has 0 aromatic heterocycles. The summed E-state index contributed by atoms with van der Waals surface area (Å²) in [6.07, 6.45) is 14.2. The molecule has 0 rings (SSSR count). The monoisotopic (exact) mass is 422 g/mol. The van der Waals surface area contributed by atoms with Crippen LogP contribution in [0.4, 0.5) is 0 Å². The summed E-state index contributed by atoms with van der Waals surface area (Å²) in [5.41, 5.74) is 5.34. The van der Waals surface area contributed by atoms with Gasteiger partial charge in [0.25, 0.3) is 0 Å². The third kappa shape index (κ3) is 20.0. The van der Waals surface area contributed by atoms with Gasteiger partial charge in [-0.3, -0.25) is 9.35 Å². The molecule has 168 valence electrons. The summed E-state index contributed by atoms with van der Waals surface area (Å²) in [5.74, 6) is 0.0605. The second kappa shape index (κ2) is 18.3. The Morgan fingerprint density at radius 3 is 1.93 bits per heavy atom. The Balaban J connectivity index is 3.79. The van der Waals surface area contributed by atoms with Crippen LogP contribution in [-0.2, 0) is 19.4 Å². The van der Waals surface area contributed by atoms with E-state index in [9.17, 15) is 13.2 Å². The number of nitrogens with two attached hydrogens (primary N) is 1. The number of hydrogen-bond acceptors (Lipinski definition) is 5. The van der Waals surface area contributed by atoms with Gasteiger partial charge in [-0.05, 0) is 19.3 Å². The van der Waals surface area contributed by atoms with E-state index in [1.165, 1.54) is 19.3 Å². The fourth-order valence-electron chi connectivity index (χ4n) is 3.23. The van der Waals surface area contributed by atoms with Crippen LogP contribution in [0, 0.1) is 0 Å². The third-order valence-corrected chi connectivity index (χ3v) is 5.30. The van der Waals surface area contributed by atoms with E-state index >= 15 is 0 Å². The van der Waals surface area contributed by atoms with Crippen molar-refractivity contribution < 1.29 is 21.9 Å². The lowest BCUT2D eigenvalue weighted by Gasteiger charge is -2.15. The minimum Gasteiger partial charge on any atom is -0.355 e. The van der Waals surface area contributed by atoms with Crippen LogP contribution < -0.4 is 11.1 Å². The molecule has 1 amide bonds. The van der Waals surface area contributed by atoms with Crippen LogP contribution in [0.5, 0.6) is 0 Å². The number of amides is 1. The number of carbonyl (C=O) groups is 1. The second-order valence-electron chi connectivity index (χ2n) is 7.50. The van der Waals surface area contributed by atoms with E-state index in [0.717, 1.165) is 57.8 Å². The first-order chi connectivity index (χ1) is 13.4. The molecule has 0 radical (unpaired) electrons. The van der Waals surface area contributed by atoms with Crippen molar-refractivity contribution in [3.63, 3.8) is 0 Å². The first-order valence-corrected chi connectivity index (χ1v) is 12.4. The average Bonchev–Trinajstić information content (AvgIpc) is 2.63. The van der Waals surface area contributed by atoms with Crippen LogP contribution in [-0.4, -0.2) is 38.1 Å². The molecule has 1 unspecified atom stereocenters. The summed E-state index contributed by atoms with van der Waals surface area (Å²) >= 11 is 0. The van der Waals surface area contributed by atoms with Gasteiger partial charge in [-0.2, -0.15) is 8.42 Å². The number of unbranched alkanes of at least 4 members (excludes halogenated alkanes) is 10. The maximum atomic E-state index is 11.4. The van der Waals surface area contributed by atoms with Crippen molar-refractivity contribution in [1.82, 2.24) is 5.32 Å². The van der Waals surface area contributed by atoms with Crippen molar-refractivity contribution in [2.45, 2.75) is 109 Å². The van der Waals surface area contributed by atoms with Crippen LogP contribution >= 0.6 is 0 Å². The zero-order chi connectivity index (χ0) is 21.1. The van der Waals surface area contributed by atoms with E-state index in [1.807, 2.05) is 0 Å². The van der Waals surface area contributed by atoms with Gasteiger partial charge in [-0.1, -0.05) is 77.6 Å². The molecule has 4 N–H and O–H groups in total. The molecule has 0 saturated carbocycles. The molecule has 0 aliphatic carbocycles. The molecule has 8 heteroatoms. The highest BCUT2D eigenvalue weighted by molar-refractivity contribution is 7.80. The maximum Gasteiger partial charge on any atom is 0.397 e. The second-order valence-corrected chi connectivity index (χ2v) is 8.55. The van der Waals surface area contributed by atoms with Gasteiger partial charge < -0.3 is 11.1 Å². The molecule has 0 aromatic rings. The van der Waals surface area contributed by atoms with Crippen LogP contribution in [0.1, 0.15) is 103 Å². The van der Waals surface area contributed by atoms with Crippen LogP contribution in [0.3, 0.4) is 0 Å². The molecule has 0 aromatic carbocycles. The number of nitrogens with one attached hydrogen (secondary N) is 1. The van der Waals surface area contributed by atoms with Crippen molar-refractivity contribution >= 4 is 16.3 Å². The van der Waals surface area contributed by atoms with Gasteiger partial charge in [0.15, 0.2) is 0 Å². The Kier molecular flexibility index (Phi) is 17.9. The van der Waals surface area contributed by atoms with E-state index in [0.29, 0.717) is 32.4 Å². The standard InChI is InChI=1S/C20H42N2O5S/c1-2-3-4-5-8-11-14-19(27-28(24,25)26)15-12-9-6-7-10-13-16-20(23)22-18-17-21/h19H,2-18,21H2,1H3,(H,22,23)(H,24,25,26). The summed E-state index contributed by atoms with van der Waals surface area (Å²) in [4.78, 5) is 11.4. The van der Waals surface area contributed by atoms with Gasteiger partial charge in [0.2, 0.25) is 5.91 Å². The zero-order valence-corrected chi connectivity index (χ0v) is 18.5. The highest BCUT2D eigenvalue weighted by atomic mass is 32.3. The lowest BCUT2D eigenvalue weighted by atomic mass is 10.0. The smallest absolute Gasteiger partial charge is 0.355 e. The van der Waals surface area contributed by atoms with Crippen LogP contribution in [0.25, 0.3) is 0 Å². The topological polar surface area (TPSA) is 119 Å². The normalized spacial score (nSPS) is 12.8. The summed E-state index contributed by atoms with van der Waals surface area (Å²) in [6.45, 7) is 3.17. The van der Waals surface area contributed by atoms with E-state index < -0.39 is 16.5 Å². The fourth-order valence-corrected chi connectivity index (χ4v) is 3.77. The Morgan fingerprint density at radius 1 is 0.929 bits per heavy atom. The summed E-state index contributed by atoms with van der Waals surface area (Å²) in [5, 5.41) is 2.76. The van der Waals surface area contributed by atoms with Crippen molar-refractivity contribution in [3.05, 3.63) is 0 Å². The molecular formula is C20H42N2O5S. The molecule has 0 aliphatic heterocycles. The first-order valence-electron chi connectivity index (χ1n) is 11.0. The molecule has 0 fully saturated rings. The first kappa shape index (κ1) is 27.3. The van der Waals surface area contributed by atoms with E-state index in [-0.39, 0.29) is 5.91 Å². The minimum absolute atomic E-state index is 0.0605. The molecule has 0 bridgehead atoms. The minimum atomic E-state index is -4.39. The lowest BCUT2D eigenvalue weighted by Crippen LogP contribution is -2.28. The highest BCUT2D eigenvalue weighted by Gasteiger charge is 2.16. The maximum absolute atomic E-state index is 11.4. The lowest BCUT2D eigenvalue weighted by molar-refractivity contribution is -0.121. The fraction of sp³-hybridized carbons (Fsp3) is 0.950. The number of carbonyl (C=O) groups excluding carboxylic acids is 1. The largest absolute Gasteiger partial charge is 0.397 e. The molecule has 0 saturated heterocycles. The van der Waals surface area contributed by atoms with E-state index in [1.54, 1.807) is 0 Å². The van der Waals surface area contributed by atoms with Gasteiger partial charge in [0.1, 0.15) is 0 Å². The predicted molar refractivity (Wildman–Crippen MR) is 113 cm³/mol. The van der Waals surface area contributed by atoms with Gasteiger partial charge in [-0.25, -0.2) is 4.18 Å². The Morgan fingerprint density at radius 2 is 1.43 bits per heavy atom. The molecule has 1 atom stereocenters. The Hall–Kier alpha value is -0.700. The molecule has 7 nitrogen and oxygen atoms in total. The van der Waals surface area contributed by atoms with E-state index in [2.05, 4.69) is 12.2 Å². The number of hydrogen-bond donors (Lipinski definition) is 3. The SMILES string of the molecule is CCCCCCCCC(CCCCCCCCC(=O)NCCN)OS(=O)(=O)O. The van der Waals surface area contributed by atoms with Crippen LogP contribution in [0.15, 0.2) is 0 Å². The quantitative estimate of drug-likeness (QED) is 0.201. The third-order valence-electron chi connectivity index (χ3n) is 4.78. The molecule has 0 heterocycles. The van der Waals surface area contributed by atoms with Gasteiger partial charge in [0, 0.05) is 19.5 Å². The van der Waals surface area contributed by atoms with Gasteiger partial charge in [0.05, 0.1) is 6.10 Å². The summed E-state index contributed by atoms with van der Waals surface area (Å²) < 4.78 is 35.9.